The molecule has 282 valence electrons. The zero-order valence-electron chi connectivity index (χ0n) is 32.2. The molecule has 0 saturated heterocycles. The molecule has 0 radical (unpaired) electrons. The number of hydrogen-bond acceptors (Lipinski definition) is 7. The highest BCUT2D eigenvalue weighted by molar-refractivity contribution is 6.05. The second-order valence-corrected chi connectivity index (χ2v) is 14.0. The molecule has 8 aromatic rings. The van der Waals surface area contributed by atoms with Crippen molar-refractivity contribution in [3.63, 3.8) is 0 Å². The van der Waals surface area contributed by atoms with Crippen molar-refractivity contribution >= 4 is 22.6 Å². The van der Waals surface area contributed by atoms with Gasteiger partial charge in [0.25, 0.3) is 0 Å². The summed E-state index contributed by atoms with van der Waals surface area (Å²) in [5, 5.41) is 14.8. The SMILES string of the molecule is CCCCN(Cc1ccc(-c2ccccc2-c2nnnn2C(c2ccccc2)(c2ccccc2)c2ccccc2)cc1)c1c(C(=O)OCC)cnc2ccccc12. The van der Waals surface area contributed by atoms with Crippen LogP contribution in [-0.2, 0) is 16.8 Å². The molecule has 0 aliphatic carbocycles. The number of fused-ring (bicyclic) bond motifs is 1. The van der Waals surface area contributed by atoms with Crippen LogP contribution in [0.5, 0.6) is 0 Å². The van der Waals surface area contributed by atoms with Crippen molar-refractivity contribution in [3.8, 4) is 22.5 Å². The first kappa shape index (κ1) is 37.0. The first-order chi connectivity index (χ1) is 28.1. The number of aromatic nitrogens is 5. The van der Waals surface area contributed by atoms with Crippen LogP contribution in [0, 0.1) is 0 Å². The summed E-state index contributed by atoms with van der Waals surface area (Å²) >= 11 is 0. The number of hydrogen-bond donors (Lipinski definition) is 0. The summed E-state index contributed by atoms with van der Waals surface area (Å²) in [4.78, 5) is 20.2. The highest BCUT2D eigenvalue weighted by atomic mass is 16.5. The molecule has 0 unspecified atom stereocenters. The topological polar surface area (TPSA) is 86.0 Å². The predicted molar refractivity (Wildman–Crippen MR) is 227 cm³/mol. The summed E-state index contributed by atoms with van der Waals surface area (Å²) in [7, 11) is 0. The number of esters is 1. The largest absolute Gasteiger partial charge is 0.462 e. The number of tetrazole rings is 1. The Bertz CT molecular complexity index is 2480. The second kappa shape index (κ2) is 16.8. The van der Waals surface area contributed by atoms with Gasteiger partial charge in [-0.05, 0) is 63.2 Å². The molecular formula is C49H44N6O2. The van der Waals surface area contributed by atoms with Crippen molar-refractivity contribution in [2.45, 2.75) is 38.8 Å². The zero-order valence-corrected chi connectivity index (χ0v) is 32.2. The summed E-state index contributed by atoms with van der Waals surface area (Å²) < 4.78 is 7.49. The highest BCUT2D eigenvalue weighted by Crippen LogP contribution is 2.43. The molecule has 0 aliphatic rings. The number of benzene rings is 6. The van der Waals surface area contributed by atoms with Crippen LogP contribution in [0.2, 0.25) is 0 Å². The number of carbonyl (C=O) groups is 1. The zero-order chi connectivity index (χ0) is 39.0. The van der Waals surface area contributed by atoms with Gasteiger partial charge in [-0.3, -0.25) is 4.98 Å². The Balaban J connectivity index is 1.21. The average molecular weight is 749 g/mol. The number of para-hydroxylation sites is 1. The van der Waals surface area contributed by atoms with Gasteiger partial charge in [0.15, 0.2) is 5.82 Å². The van der Waals surface area contributed by atoms with E-state index in [2.05, 4.69) is 137 Å². The maximum atomic E-state index is 13.3. The number of rotatable bonds is 14. The first-order valence-electron chi connectivity index (χ1n) is 19.6. The molecule has 0 aliphatic heterocycles. The molecule has 2 heterocycles. The van der Waals surface area contributed by atoms with Crippen LogP contribution < -0.4 is 4.90 Å². The molecule has 0 spiro atoms. The average Bonchev–Trinajstić information content (AvgIpc) is 3.76. The van der Waals surface area contributed by atoms with E-state index in [4.69, 9.17) is 15.0 Å². The van der Waals surface area contributed by atoms with Crippen molar-refractivity contribution < 1.29 is 9.53 Å². The third kappa shape index (κ3) is 7.18. The molecule has 2 aromatic heterocycles. The number of unbranched alkanes of at least 4 members (excludes halogenated alkanes) is 1. The van der Waals surface area contributed by atoms with Crippen molar-refractivity contribution in [1.29, 1.82) is 0 Å². The van der Waals surface area contributed by atoms with Gasteiger partial charge in [-0.15, -0.1) is 5.10 Å². The Morgan fingerprint density at radius 3 is 1.88 bits per heavy atom. The van der Waals surface area contributed by atoms with Gasteiger partial charge in [0, 0.05) is 30.2 Å². The van der Waals surface area contributed by atoms with Crippen molar-refractivity contribution in [3.05, 3.63) is 198 Å². The van der Waals surface area contributed by atoms with Gasteiger partial charge in [-0.25, -0.2) is 9.48 Å². The number of pyridine rings is 1. The quantitative estimate of drug-likeness (QED) is 0.0808. The molecule has 57 heavy (non-hydrogen) atoms. The molecule has 8 rings (SSSR count). The minimum atomic E-state index is -0.874. The minimum absolute atomic E-state index is 0.293. The maximum absolute atomic E-state index is 13.3. The van der Waals surface area contributed by atoms with Gasteiger partial charge in [0.1, 0.15) is 11.1 Å². The third-order valence-electron chi connectivity index (χ3n) is 10.5. The molecule has 0 saturated carbocycles. The highest BCUT2D eigenvalue weighted by Gasteiger charge is 2.42. The van der Waals surface area contributed by atoms with Gasteiger partial charge < -0.3 is 9.64 Å². The molecule has 8 nitrogen and oxygen atoms in total. The Morgan fingerprint density at radius 2 is 1.26 bits per heavy atom. The molecule has 6 aromatic carbocycles. The van der Waals surface area contributed by atoms with Crippen LogP contribution in [0.3, 0.4) is 0 Å². The van der Waals surface area contributed by atoms with E-state index in [1.165, 1.54) is 0 Å². The lowest BCUT2D eigenvalue weighted by Gasteiger charge is -2.36. The molecule has 0 N–H and O–H groups in total. The van der Waals surface area contributed by atoms with Crippen molar-refractivity contribution in [1.82, 2.24) is 25.2 Å². The molecule has 0 fully saturated rings. The number of ether oxygens (including phenoxy) is 1. The monoisotopic (exact) mass is 748 g/mol. The summed E-state index contributed by atoms with van der Waals surface area (Å²) in [6, 6.07) is 56.3. The fourth-order valence-electron chi connectivity index (χ4n) is 7.87. The molecule has 8 heteroatoms. The van der Waals surface area contributed by atoms with Gasteiger partial charge >= 0.3 is 5.97 Å². The van der Waals surface area contributed by atoms with Crippen LogP contribution in [0.1, 0.15) is 59.3 Å². The normalized spacial score (nSPS) is 11.4. The molecule has 0 bridgehead atoms. The van der Waals surface area contributed by atoms with Crippen LogP contribution in [0.15, 0.2) is 170 Å². The Hall–Kier alpha value is -6.93. The summed E-state index contributed by atoms with van der Waals surface area (Å²) in [5.74, 6) is 0.283. The van der Waals surface area contributed by atoms with Gasteiger partial charge in [-0.1, -0.05) is 171 Å². The van der Waals surface area contributed by atoms with Gasteiger partial charge in [-0.2, -0.15) is 0 Å². The van der Waals surface area contributed by atoms with E-state index in [9.17, 15) is 4.79 Å². The van der Waals surface area contributed by atoms with E-state index < -0.39 is 5.54 Å². The van der Waals surface area contributed by atoms with Crippen molar-refractivity contribution in [2.24, 2.45) is 0 Å². The van der Waals surface area contributed by atoms with E-state index in [0.29, 0.717) is 24.5 Å². The smallest absolute Gasteiger partial charge is 0.341 e. The van der Waals surface area contributed by atoms with E-state index in [1.807, 2.05) is 60.1 Å². The Morgan fingerprint density at radius 1 is 0.684 bits per heavy atom. The summed E-state index contributed by atoms with van der Waals surface area (Å²) in [6.07, 6.45) is 3.64. The fourth-order valence-corrected chi connectivity index (χ4v) is 7.87. The van der Waals surface area contributed by atoms with Gasteiger partial charge in [0.2, 0.25) is 0 Å². The second-order valence-electron chi connectivity index (χ2n) is 14.0. The summed E-state index contributed by atoms with van der Waals surface area (Å²) in [5.41, 5.74) is 8.49. The fraction of sp³-hybridized carbons (Fsp3) is 0.163. The van der Waals surface area contributed by atoms with Crippen LogP contribution >= 0.6 is 0 Å². The van der Waals surface area contributed by atoms with E-state index in [1.54, 1.807) is 6.20 Å². The van der Waals surface area contributed by atoms with Gasteiger partial charge in [0.05, 0.1) is 17.8 Å². The van der Waals surface area contributed by atoms with E-state index in [0.717, 1.165) is 74.9 Å². The van der Waals surface area contributed by atoms with Crippen molar-refractivity contribution in [2.75, 3.05) is 18.1 Å². The molecule has 0 atom stereocenters. The Kier molecular flexibility index (Phi) is 10.9. The lowest BCUT2D eigenvalue weighted by Crippen LogP contribution is -2.39. The third-order valence-corrected chi connectivity index (χ3v) is 10.5. The van der Waals surface area contributed by atoms with E-state index >= 15 is 0 Å². The van der Waals surface area contributed by atoms with Crippen LogP contribution in [-0.4, -0.2) is 44.3 Å². The predicted octanol–water partition coefficient (Wildman–Crippen LogP) is 10.4. The number of carbonyl (C=O) groups excluding carboxylic acids is 1. The summed E-state index contributed by atoms with van der Waals surface area (Å²) in [6.45, 7) is 5.68. The number of anilines is 1. The lowest BCUT2D eigenvalue weighted by molar-refractivity contribution is 0.0526. The first-order valence-corrected chi connectivity index (χ1v) is 19.6. The standard InChI is InChI=1S/C49H44N6O2/c1-3-5-33-54(46-43-27-17-18-28-45(43)50-34-44(46)48(56)57-4-2)35-36-29-31-37(32-30-36)41-25-15-16-26-42(41)47-51-52-53-55(47)49(38-19-9-6-10-20-38,39-21-11-7-12-22-39)40-23-13-8-14-24-40/h6-32,34H,3-5,33,35H2,1-2H3. The minimum Gasteiger partial charge on any atom is -0.462 e. The molecular weight excluding hydrogens is 705 g/mol. The number of nitrogens with zero attached hydrogens (tertiary/aromatic N) is 6. The Labute approximate surface area is 333 Å². The maximum Gasteiger partial charge on any atom is 0.341 e. The van der Waals surface area contributed by atoms with Crippen LogP contribution in [0.4, 0.5) is 5.69 Å². The lowest BCUT2D eigenvalue weighted by atomic mass is 9.77. The van der Waals surface area contributed by atoms with E-state index in [-0.39, 0.29) is 5.97 Å². The molecule has 0 amide bonds. The van der Waals surface area contributed by atoms with Crippen LogP contribution in [0.25, 0.3) is 33.4 Å².